The van der Waals surface area contributed by atoms with Crippen molar-refractivity contribution in [3.8, 4) is 0 Å². The zero-order valence-electron chi connectivity index (χ0n) is 12.5. The third-order valence-corrected chi connectivity index (χ3v) is 3.50. The molecule has 0 saturated carbocycles. The summed E-state index contributed by atoms with van der Waals surface area (Å²) in [5, 5.41) is 4.21. The first-order valence-corrected chi connectivity index (χ1v) is 7.46. The Morgan fingerprint density at radius 1 is 1.57 bits per heavy atom. The molecular weight excluding hydrogens is 272 g/mol. The molecule has 1 atom stereocenters. The lowest BCUT2D eigenvalue weighted by atomic mass is 10.2. The van der Waals surface area contributed by atoms with Gasteiger partial charge in [-0.1, -0.05) is 0 Å². The normalized spacial score (nSPS) is 19.0. The second kappa shape index (κ2) is 8.11. The number of anilines is 1. The summed E-state index contributed by atoms with van der Waals surface area (Å²) in [6.07, 6.45) is 2.69. The van der Waals surface area contributed by atoms with Gasteiger partial charge < -0.3 is 20.1 Å². The van der Waals surface area contributed by atoms with Crippen molar-refractivity contribution in [3.63, 3.8) is 0 Å². The van der Waals surface area contributed by atoms with Crippen LogP contribution in [-0.2, 0) is 16.0 Å². The molecule has 2 N–H and O–H groups in total. The van der Waals surface area contributed by atoms with E-state index in [0.717, 1.165) is 25.2 Å². The van der Waals surface area contributed by atoms with E-state index in [1.807, 2.05) is 6.92 Å². The van der Waals surface area contributed by atoms with E-state index in [2.05, 4.69) is 10.00 Å². The topological polar surface area (TPSA) is 82.6 Å². The van der Waals surface area contributed by atoms with E-state index < -0.39 is 0 Å². The first kappa shape index (κ1) is 15.9. The Bertz CT molecular complexity index is 489. The van der Waals surface area contributed by atoms with E-state index in [9.17, 15) is 4.79 Å². The van der Waals surface area contributed by atoms with Crippen molar-refractivity contribution in [2.24, 2.45) is 5.73 Å². The highest BCUT2D eigenvalue weighted by atomic mass is 16.5. The van der Waals surface area contributed by atoms with Crippen molar-refractivity contribution in [2.75, 3.05) is 44.4 Å². The molecule has 1 aliphatic heterocycles. The zero-order valence-corrected chi connectivity index (χ0v) is 12.5. The molecule has 0 aliphatic carbocycles. The molecule has 7 nitrogen and oxygen atoms in total. The van der Waals surface area contributed by atoms with Gasteiger partial charge in [0.15, 0.2) is 0 Å². The van der Waals surface area contributed by atoms with Gasteiger partial charge in [-0.05, 0) is 19.9 Å². The molecule has 1 aromatic rings. The second-order valence-corrected chi connectivity index (χ2v) is 4.99. The lowest BCUT2D eigenvalue weighted by molar-refractivity contribution is 0.0368. The van der Waals surface area contributed by atoms with Gasteiger partial charge in [0.25, 0.3) is 5.56 Å². The Kier molecular flexibility index (Phi) is 6.16. The minimum absolute atomic E-state index is 0.103. The molecule has 2 heterocycles. The first-order chi connectivity index (χ1) is 10.2. The van der Waals surface area contributed by atoms with Crippen molar-refractivity contribution in [1.29, 1.82) is 0 Å². The van der Waals surface area contributed by atoms with Crippen LogP contribution in [0.25, 0.3) is 0 Å². The van der Waals surface area contributed by atoms with Gasteiger partial charge in [0.2, 0.25) is 0 Å². The monoisotopic (exact) mass is 296 g/mol. The van der Waals surface area contributed by atoms with Gasteiger partial charge in [-0.15, -0.1) is 0 Å². The molecular formula is C14H24N4O3. The predicted molar refractivity (Wildman–Crippen MR) is 80.6 cm³/mol. The van der Waals surface area contributed by atoms with Crippen LogP contribution in [0.4, 0.5) is 5.69 Å². The largest absolute Gasteiger partial charge is 0.380 e. The van der Waals surface area contributed by atoms with Crippen molar-refractivity contribution in [3.05, 3.63) is 22.6 Å². The summed E-state index contributed by atoms with van der Waals surface area (Å²) in [5.41, 5.74) is 6.31. The summed E-state index contributed by atoms with van der Waals surface area (Å²) < 4.78 is 12.3. The van der Waals surface area contributed by atoms with E-state index in [-0.39, 0.29) is 11.7 Å². The van der Waals surface area contributed by atoms with Crippen LogP contribution in [0.5, 0.6) is 0 Å². The maximum atomic E-state index is 12.1. The smallest absolute Gasteiger partial charge is 0.268 e. The minimum Gasteiger partial charge on any atom is -0.380 e. The van der Waals surface area contributed by atoms with Crippen molar-refractivity contribution in [2.45, 2.75) is 26.0 Å². The third kappa shape index (κ3) is 4.52. The number of morpholine rings is 1. The Labute approximate surface area is 124 Å². The number of rotatable bonds is 7. The van der Waals surface area contributed by atoms with Gasteiger partial charge in [0.05, 0.1) is 37.7 Å². The van der Waals surface area contributed by atoms with Crippen LogP contribution < -0.4 is 16.2 Å². The number of hydrogen-bond acceptors (Lipinski definition) is 6. The Hall–Kier alpha value is -1.44. The fourth-order valence-electron chi connectivity index (χ4n) is 2.37. The van der Waals surface area contributed by atoms with E-state index in [1.165, 1.54) is 4.68 Å². The molecule has 0 spiro atoms. The molecule has 118 valence electrons. The molecule has 1 aliphatic rings. The van der Waals surface area contributed by atoms with Gasteiger partial charge in [-0.2, -0.15) is 5.10 Å². The summed E-state index contributed by atoms with van der Waals surface area (Å²) in [4.78, 5) is 14.2. The average Bonchev–Trinajstić information content (AvgIpc) is 2.50. The van der Waals surface area contributed by atoms with Crippen molar-refractivity contribution in [1.82, 2.24) is 9.78 Å². The van der Waals surface area contributed by atoms with Crippen molar-refractivity contribution < 1.29 is 9.47 Å². The summed E-state index contributed by atoms with van der Waals surface area (Å²) in [6.45, 7) is 6.32. The Balaban J connectivity index is 2.00. The molecule has 1 saturated heterocycles. The fourth-order valence-corrected chi connectivity index (χ4v) is 2.37. The van der Waals surface area contributed by atoms with Crippen LogP contribution >= 0.6 is 0 Å². The van der Waals surface area contributed by atoms with Crippen LogP contribution in [0.3, 0.4) is 0 Å². The van der Waals surface area contributed by atoms with E-state index in [0.29, 0.717) is 32.9 Å². The number of nitrogens with two attached hydrogens (primary N) is 1. The first-order valence-electron chi connectivity index (χ1n) is 7.46. The quantitative estimate of drug-likeness (QED) is 0.704. The van der Waals surface area contributed by atoms with Gasteiger partial charge in [0, 0.05) is 25.8 Å². The van der Waals surface area contributed by atoms with Crippen molar-refractivity contribution >= 4 is 5.69 Å². The number of aromatic nitrogens is 2. The summed E-state index contributed by atoms with van der Waals surface area (Å²) in [6, 6.07) is 1.63. The predicted octanol–water partition coefficient (Wildman–Crippen LogP) is -0.166. The highest BCUT2D eigenvalue weighted by Gasteiger charge is 2.20. The van der Waals surface area contributed by atoms with E-state index in [4.69, 9.17) is 15.2 Å². The third-order valence-electron chi connectivity index (χ3n) is 3.50. The highest BCUT2D eigenvalue weighted by molar-refractivity contribution is 5.43. The molecule has 0 radical (unpaired) electrons. The summed E-state index contributed by atoms with van der Waals surface area (Å²) >= 11 is 0. The van der Waals surface area contributed by atoms with Gasteiger partial charge in [0.1, 0.15) is 0 Å². The highest BCUT2D eigenvalue weighted by Crippen LogP contribution is 2.16. The summed E-state index contributed by atoms with van der Waals surface area (Å²) in [5.74, 6) is 0. The zero-order chi connectivity index (χ0) is 15.1. The van der Waals surface area contributed by atoms with Crippen LogP contribution in [-0.4, -0.2) is 55.3 Å². The van der Waals surface area contributed by atoms with Gasteiger partial charge in [-0.3, -0.25) is 4.79 Å². The SMILES string of the molecule is CCOCCn1ncc(N2CCOC(CCN)C2)cc1=O. The maximum absolute atomic E-state index is 12.1. The molecule has 2 rings (SSSR count). The molecule has 1 fully saturated rings. The fraction of sp³-hybridized carbons (Fsp3) is 0.714. The average molecular weight is 296 g/mol. The molecule has 1 aromatic heterocycles. The minimum atomic E-state index is -0.103. The number of ether oxygens (including phenoxy) is 2. The van der Waals surface area contributed by atoms with Gasteiger partial charge in [-0.25, -0.2) is 4.68 Å². The maximum Gasteiger partial charge on any atom is 0.268 e. The summed E-state index contributed by atoms with van der Waals surface area (Å²) in [7, 11) is 0. The van der Waals surface area contributed by atoms with Crippen LogP contribution in [0.15, 0.2) is 17.1 Å². The molecule has 0 amide bonds. The second-order valence-electron chi connectivity index (χ2n) is 4.99. The van der Waals surface area contributed by atoms with Crippen LogP contribution in [0.1, 0.15) is 13.3 Å². The van der Waals surface area contributed by atoms with Gasteiger partial charge >= 0.3 is 0 Å². The van der Waals surface area contributed by atoms with Crippen LogP contribution in [0.2, 0.25) is 0 Å². The molecule has 0 bridgehead atoms. The van der Waals surface area contributed by atoms with Crippen LogP contribution in [0, 0.1) is 0 Å². The lowest BCUT2D eigenvalue weighted by Gasteiger charge is -2.34. The molecule has 0 aromatic carbocycles. The standard InChI is InChI=1S/C14H24N4O3/c1-2-20-7-6-18-14(19)9-12(10-16-18)17-5-8-21-13(11-17)3-4-15/h9-10,13H,2-8,11,15H2,1H3. The number of hydrogen-bond donors (Lipinski definition) is 1. The molecule has 21 heavy (non-hydrogen) atoms. The Morgan fingerprint density at radius 2 is 2.43 bits per heavy atom. The number of nitrogens with zero attached hydrogens (tertiary/aromatic N) is 3. The van der Waals surface area contributed by atoms with E-state index in [1.54, 1.807) is 12.3 Å². The Morgan fingerprint density at radius 3 is 3.14 bits per heavy atom. The molecule has 1 unspecified atom stereocenters. The molecule has 7 heteroatoms. The lowest BCUT2D eigenvalue weighted by Crippen LogP contribution is -2.44. The van der Waals surface area contributed by atoms with E-state index >= 15 is 0 Å².